The molecule has 1 rings (SSSR count). The van der Waals surface area contributed by atoms with Crippen molar-refractivity contribution in [1.29, 1.82) is 0 Å². The summed E-state index contributed by atoms with van der Waals surface area (Å²) in [5.74, 6) is -0.551. The Labute approximate surface area is 80.6 Å². The van der Waals surface area contributed by atoms with Crippen molar-refractivity contribution in [2.75, 3.05) is 6.61 Å². The van der Waals surface area contributed by atoms with Gasteiger partial charge in [0.05, 0.1) is 12.8 Å². The number of allylic oxidation sites excluding steroid dienone is 1. The van der Waals surface area contributed by atoms with Crippen molar-refractivity contribution in [2.24, 2.45) is 21.7 Å². The highest BCUT2D eigenvalue weighted by molar-refractivity contribution is 5.95. The molecule has 1 aliphatic heterocycles. The Hall–Kier alpha value is -1.85. The van der Waals surface area contributed by atoms with Gasteiger partial charge in [0.2, 0.25) is 0 Å². The van der Waals surface area contributed by atoms with E-state index in [1.807, 2.05) is 6.08 Å². The molecule has 4 N–H and O–H groups in total. The molecule has 5 nitrogen and oxygen atoms in total. The van der Waals surface area contributed by atoms with Gasteiger partial charge in [-0.1, -0.05) is 0 Å². The summed E-state index contributed by atoms with van der Waals surface area (Å²) in [6, 6.07) is 0. The Kier molecular flexibility index (Phi) is 3.66. The first-order valence-corrected chi connectivity index (χ1v) is 4.01. The summed E-state index contributed by atoms with van der Waals surface area (Å²) < 4.78 is 17.7. The maximum Gasteiger partial charge on any atom is 0.183 e. The first-order valence-electron chi connectivity index (χ1n) is 4.01. The van der Waals surface area contributed by atoms with E-state index >= 15 is 0 Å². The summed E-state index contributed by atoms with van der Waals surface area (Å²) >= 11 is 0. The molecule has 14 heavy (non-hydrogen) atoms. The van der Waals surface area contributed by atoms with E-state index in [0.29, 0.717) is 12.4 Å². The van der Waals surface area contributed by atoms with Crippen LogP contribution in [0.5, 0.6) is 0 Å². The van der Waals surface area contributed by atoms with E-state index in [9.17, 15) is 4.39 Å². The molecule has 0 aromatic rings. The van der Waals surface area contributed by atoms with Gasteiger partial charge in [-0.15, -0.1) is 5.10 Å². The topological polar surface area (TPSA) is 86.0 Å². The van der Waals surface area contributed by atoms with Crippen molar-refractivity contribution in [2.45, 2.75) is 6.42 Å². The number of rotatable bonds is 3. The first kappa shape index (κ1) is 10.2. The van der Waals surface area contributed by atoms with Gasteiger partial charge in [-0.25, -0.2) is 4.39 Å². The summed E-state index contributed by atoms with van der Waals surface area (Å²) in [5.41, 5.74) is 10.0. The average molecular weight is 198 g/mol. The molecule has 76 valence electrons. The molecule has 0 aromatic carbocycles. The fourth-order valence-corrected chi connectivity index (χ4v) is 0.808. The number of nitrogens with two attached hydrogens (primary N) is 2. The molecule has 0 aromatic heterocycles. The maximum absolute atomic E-state index is 12.6. The van der Waals surface area contributed by atoms with E-state index < -0.39 is 5.83 Å². The lowest BCUT2D eigenvalue weighted by Gasteiger charge is -1.93. The summed E-state index contributed by atoms with van der Waals surface area (Å²) in [4.78, 5) is 0. The molecular weight excluding hydrogens is 187 g/mol. The largest absolute Gasteiger partial charge is 0.492 e. The van der Waals surface area contributed by atoms with Crippen molar-refractivity contribution < 1.29 is 9.13 Å². The fourth-order valence-electron chi connectivity index (χ4n) is 0.808. The van der Waals surface area contributed by atoms with Crippen molar-refractivity contribution in [3.05, 3.63) is 23.9 Å². The fraction of sp³-hybridized carbons (Fsp3) is 0.250. The van der Waals surface area contributed by atoms with E-state index in [1.165, 1.54) is 6.21 Å². The number of ether oxygens (including phenoxy) is 1. The minimum atomic E-state index is -0.802. The Bertz CT molecular complexity index is 319. The molecule has 0 fully saturated rings. The van der Waals surface area contributed by atoms with Crippen molar-refractivity contribution in [3.8, 4) is 0 Å². The van der Waals surface area contributed by atoms with Gasteiger partial charge in [-0.05, 0) is 6.08 Å². The second kappa shape index (κ2) is 5.00. The number of hydrogen-bond donors (Lipinski definition) is 2. The van der Waals surface area contributed by atoms with E-state index in [4.69, 9.17) is 16.2 Å². The van der Waals surface area contributed by atoms with Gasteiger partial charge in [0.1, 0.15) is 5.76 Å². The average Bonchev–Trinajstić information content (AvgIpc) is 2.69. The van der Waals surface area contributed by atoms with Crippen LogP contribution in [0.1, 0.15) is 6.42 Å². The van der Waals surface area contributed by atoms with Crippen LogP contribution in [-0.2, 0) is 4.74 Å². The first-order chi connectivity index (χ1) is 6.74. The second-order valence-corrected chi connectivity index (χ2v) is 2.49. The molecule has 0 atom stereocenters. The zero-order chi connectivity index (χ0) is 10.4. The van der Waals surface area contributed by atoms with Gasteiger partial charge in [-0.2, -0.15) is 5.10 Å². The van der Waals surface area contributed by atoms with Gasteiger partial charge >= 0.3 is 0 Å². The quantitative estimate of drug-likeness (QED) is 0.391. The molecule has 1 heterocycles. The molecule has 1 aliphatic rings. The van der Waals surface area contributed by atoms with Gasteiger partial charge in [-0.3, -0.25) is 0 Å². The minimum absolute atomic E-state index is 0.359. The molecule has 0 bridgehead atoms. The zero-order valence-electron chi connectivity index (χ0n) is 7.48. The predicted molar refractivity (Wildman–Crippen MR) is 52.1 cm³/mol. The van der Waals surface area contributed by atoms with Crippen molar-refractivity contribution >= 4 is 12.1 Å². The van der Waals surface area contributed by atoms with E-state index in [1.54, 1.807) is 0 Å². The minimum Gasteiger partial charge on any atom is -0.492 e. The van der Waals surface area contributed by atoms with Gasteiger partial charge in [0.15, 0.2) is 11.7 Å². The van der Waals surface area contributed by atoms with E-state index in [-0.39, 0.29) is 5.84 Å². The summed E-state index contributed by atoms with van der Waals surface area (Å²) in [5, 5.41) is 6.91. The number of nitrogens with zero attached hydrogens (tertiary/aromatic N) is 2. The normalized spacial score (nSPS) is 18.5. The van der Waals surface area contributed by atoms with Crippen LogP contribution in [0.3, 0.4) is 0 Å². The summed E-state index contributed by atoms with van der Waals surface area (Å²) in [6.45, 7) is 0.637. The lowest BCUT2D eigenvalue weighted by Crippen LogP contribution is -2.12. The van der Waals surface area contributed by atoms with Crippen molar-refractivity contribution in [1.82, 2.24) is 0 Å². The SMILES string of the molecule is NC=C(F)C(N)=N/N=C/C1=CCCO1. The highest BCUT2D eigenvalue weighted by Crippen LogP contribution is 2.05. The van der Waals surface area contributed by atoms with Gasteiger partial charge in [0, 0.05) is 12.6 Å². The van der Waals surface area contributed by atoms with Gasteiger partial charge in [0.25, 0.3) is 0 Å². The molecule has 0 aliphatic carbocycles. The van der Waals surface area contributed by atoms with Crippen LogP contribution >= 0.6 is 0 Å². The van der Waals surface area contributed by atoms with Crippen LogP contribution in [0.25, 0.3) is 0 Å². The number of amidine groups is 1. The highest BCUT2D eigenvalue weighted by atomic mass is 19.1. The number of hydrogen-bond acceptors (Lipinski definition) is 4. The van der Waals surface area contributed by atoms with Gasteiger partial charge < -0.3 is 16.2 Å². The van der Waals surface area contributed by atoms with Crippen LogP contribution in [0.15, 0.2) is 34.1 Å². The molecular formula is C8H11FN4O. The smallest absolute Gasteiger partial charge is 0.183 e. The van der Waals surface area contributed by atoms with Crippen LogP contribution in [0, 0.1) is 0 Å². The van der Waals surface area contributed by atoms with Crippen LogP contribution in [-0.4, -0.2) is 18.7 Å². The van der Waals surface area contributed by atoms with E-state index in [0.717, 1.165) is 12.6 Å². The molecule has 0 amide bonds. The van der Waals surface area contributed by atoms with Crippen molar-refractivity contribution in [3.63, 3.8) is 0 Å². The molecule has 0 saturated carbocycles. The molecule has 0 radical (unpaired) electrons. The Morgan fingerprint density at radius 1 is 1.64 bits per heavy atom. The summed E-state index contributed by atoms with van der Waals surface area (Å²) in [7, 11) is 0. The Morgan fingerprint density at radius 2 is 2.43 bits per heavy atom. The predicted octanol–water partition coefficient (Wildman–Crippen LogP) is 0.403. The van der Waals surface area contributed by atoms with Crippen LogP contribution in [0.4, 0.5) is 4.39 Å². The Morgan fingerprint density at radius 3 is 3.00 bits per heavy atom. The Balaban J connectivity index is 2.53. The third kappa shape index (κ3) is 2.89. The highest BCUT2D eigenvalue weighted by Gasteiger charge is 2.01. The molecule has 0 spiro atoms. The molecule has 0 unspecified atom stereocenters. The standard InChI is InChI=1S/C8H11FN4O/c9-7(4-10)8(11)13-12-5-6-2-1-3-14-6/h2,4-5H,1,3,10H2,(H2,11,13)/b7-4?,12-5+. The third-order valence-corrected chi connectivity index (χ3v) is 1.47. The van der Waals surface area contributed by atoms with E-state index in [2.05, 4.69) is 10.2 Å². The van der Waals surface area contributed by atoms with Crippen LogP contribution < -0.4 is 11.5 Å². The second-order valence-electron chi connectivity index (χ2n) is 2.49. The lowest BCUT2D eigenvalue weighted by atomic mass is 10.4. The maximum atomic E-state index is 12.6. The molecule has 0 saturated heterocycles. The van der Waals surface area contributed by atoms with Crippen LogP contribution in [0.2, 0.25) is 0 Å². The lowest BCUT2D eigenvalue weighted by molar-refractivity contribution is 0.265. The molecule has 6 heteroatoms. The monoisotopic (exact) mass is 198 g/mol. The number of halogens is 1. The third-order valence-electron chi connectivity index (χ3n) is 1.47. The zero-order valence-corrected chi connectivity index (χ0v) is 7.48. The summed E-state index contributed by atoms with van der Waals surface area (Å²) in [6.07, 6.45) is 4.78.